The lowest BCUT2D eigenvalue weighted by Gasteiger charge is -2.23. The van der Waals surface area contributed by atoms with Gasteiger partial charge in [-0.2, -0.15) is 30.0 Å². The Hall–Kier alpha value is -1.96. The van der Waals surface area contributed by atoms with Crippen molar-refractivity contribution in [3.8, 4) is 0 Å². The lowest BCUT2D eigenvalue weighted by molar-refractivity contribution is -0.137. The Bertz CT molecular complexity index is 822. The van der Waals surface area contributed by atoms with Gasteiger partial charge in [-0.25, -0.2) is 4.68 Å². The third kappa shape index (κ3) is 3.53. The zero-order valence-electron chi connectivity index (χ0n) is 14.1. The van der Waals surface area contributed by atoms with Gasteiger partial charge in [0.25, 0.3) is 5.91 Å². The van der Waals surface area contributed by atoms with Crippen LogP contribution in [0.25, 0.3) is 0 Å². The van der Waals surface area contributed by atoms with Crippen LogP contribution in [0.2, 0.25) is 0 Å². The van der Waals surface area contributed by atoms with Crippen molar-refractivity contribution < 1.29 is 18.0 Å². The van der Waals surface area contributed by atoms with Crippen molar-refractivity contribution in [1.82, 2.24) is 9.78 Å². The van der Waals surface area contributed by atoms with E-state index < -0.39 is 17.6 Å². The minimum atomic E-state index is -4.48. The fourth-order valence-corrected chi connectivity index (χ4v) is 3.68. The zero-order valence-corrected chi connectivity index (χ0v) is 14.9. The van der Waals surface area contributed by atoms with Crippen molar-refractivity contribution in [2.24, 2.45) is 0 Å². The summed E-state index contributed by atoms with van der Waals surface area (Å²) in [7, 11) is 0. The summed E-state index contributed by atoms with van der Waals surface area (Å²) in [5.41, 5.74) is 0.631. The Kier molecular flexibility index (Phi) is 4.35. The highest BCUT2D eigenvalue weighted by Gasteiger charge is 2.32. The van der Waals surface area contributed by atoms with Gasteiger partial charge in [-0.05, 0) is 39.0 Å². The van der Waals surface area contributed by atoms with E-state index in [9.17, 15) is 18.0 Å². The number of fused-ring (bicyclic) bond motifs is 1. The van der Waals surface area contributed by atoms with Gasteiger partial charge < -0.3 is 5.32 Å². The number of thioether (sulfide) groups is 1. The van der Waals surface area contributed by atoms with Crippen LogP contribution < -0.4 is 5.32 Å². The molecule has 134 valence electrons. The number of benzene rings is 1. The molecule has 3 rings (SSSR count). The lowest BCUT2D eigenvalue weighted by atomic mass is 10.1. The summed E-state index contributed by atoms with van der Waals surface area (Å²) in [5, 5.41) is 7.34. The van der Waals surface area contributed by atoms with Crippen LogP contribution in [0.4, 0.5) is 19.0 Å². The Morgan fingerprint density at radius 3 is 2.60 bits per heavy atom. The predicted octanol–water partition coefficient (Wildman–Crippen LogP) is 4.66. The second-order valence-corrected chi connectivity index (χ2v) is 7.87. The minimum Gasteiger partial charge on any atom is -0.306 e. The molecule has 2 heterocycles. The molecule has 1 aliphatic heterocycles. The molecule has 0 spiro atoms. The normalized spacial score (nSPS) is 14.5. The third-order valence-electron chi connectivity index (χ3n) is 3.87. The summed E-state index contributed by atoms with van der Waals surface area (Å²) in [6, 6.07) is 4.42. The number of anilines is 1. The highest BCUT2D eigenvalue weighted by molar-refractivity contribution is 7.98. The van der Waals surface area contributed by atoms with Crippen molar-refractivity contribution in [1.29, 1.82) is 0 Å². The number of carbonyl (C=O) groups excluding carboxylic acids is 1. The van der Waals surface area contributed by atoms with E-state index in [1.807, 2.05) is 20.8 Å². The van der Waals surface area contributed by atoms with Crippen LogP contribution in [-0.4, -0.2) is 15.7 Å². The number of halogens is 3. The first-order valence-corrected chi connectivity index (χ1v) is 8.90. The van der Waals surface area contributed by atoms with E-state index in [0.29, 0.717) is 5.82 Å². The number of hydrogen-bond acceptors (Lipinski definition) is 3. The summed E-state index contributed by atoms with van der Waals surface area (Å²) in [6.07, 6.45) is -4.48. The number of aromatic nitrogens is 2. The molecule has 1 N–H and O–H groups in total. The fourth-order valence-electron chi connectivity index (χ4n) is 2.64. The molecule has 1 aliphatic rings. The predicted molar refractivity (Wildman–Crippen MR) is 91.6 cm³/mol. The monoisotopic (exact) mass is 369 g/mol. The highest BCUT2D eigenvalue weighted by Crippen LogP contribution is 2.37. The first-order chi connectivity index (χ1) is 11.6. The second kappa shape index (κ2) is 6.09. The summed E-state index contributed by atoms with van der Waals surface area (Å²) < 4.78 is 40.3. The Labute approximate surface area is 147 Å². The molecule has 0 atom stereocenters. The van der Waals surface area contributed by atoms with Gasteiger partial charge in [-0.15, -0.1) is 0 Å². The average Bonchev–Trinajstić information content (AvgIpc) is 3.08. The van der Waals surface area contributed by atoms with Gasteiger partial charge in [0.05, 0.1) is 16.8 Å². The maximum atomic E-state index is 12.9. The standard InChI is InChI=1S/C17H18F3N3OS/c1-16(2,3)23-14(12-8-25-9-13(12)22-23)21-15(24)10-5-4-6-11(7-10)17(18,19)20/h4-7H,8-9H2,1-3H3,(H,21,24). The molecule has 0 unspecified atom stereocenters. The topological polar surface area (TPSA) is 46.9 Å². The molecule has 0 saturated carbocycles. The van der Waals surface area contributed by atoms with Gasteiger partial charge in [0.1, 0.15) is 5.82 Å². The van der Waals surface area contributed by atoms with E-state index in [1.165, 1.54) is 12.1 Å². The first-order valence-electron chi connectivity index (χ1n) is 7.75. The number of nitrogens with one attached hydrogen (secondary N) is 1. The first kappa shape index (κ1) is 17.8. The van der Waals surface area contributed by atoms with E-state index in [0.717, 1.165) is 34.9 Å². The van der Waals surface area contributed by atoms with Crippen molar-refractivity contribution >= 4 is 23.5 Å². The second-order valence-electron chi connectivity index (χ2n) is 6.88. The summed E-state index contributed by atoms with van der Waals surface area (Å²) in [6.45, 7) is 5.88. The van der Waals surface area contributed by atoms with Crippen molar-refractivity contribution in [2.75, 3.05) is 5.32 Å². The van der Waals surface area contributed by atoms with Crippen LogP contribution in [-0.2, 0) is 23.2 Å². The van der Waals surface area contributed by atoms with Crippen LogP contribution in [0.5, 0.6) is 0 Å². The van der Waals surface area contributed by atoms with Gasteiger partial charge in [0.15, 0.2) is 0 Å². The number of hydrogen-bond donors (Lipinski definition) is 1. The lowest BCUT2D eigenvalue weighted by Crippen LogP contribution is -2.27. The van der Waals surface area contributed by atoms with Gasteiger partial charge in [0.2, 0.25) is 0 Å². The van der Waals surface area contributed by atoms with Gasteiger partial charge in [-0.1, -0.05) is 6.07 Å². The summed E-state index contributed by atoms with van der Waals surface area (Å²) in [4.78, 5) is 12.5. The summed E-state index contributed by atoms with van der Waals surface area (Å²) in [5.74, 6) is 1.49. The van der Waals surface area contributed by atoms with Crippen molar-refractivity contribution in [3.05, 3.63) is 46.6 Å². The Balaban J connectivity index is 1.95. The van der Waals surface area contributed by atoms with Crippen molar-refractivity contribution in [2.45, 2.75) is 44.0 Å². The molecule has 1 aromatic carbocycles. The van der Waals surface area contributed by atoms with E-state index >= 15 is 0 Å². The quantitative estimate of drug-likeness (QED) is 0.838. The number of alkyl halides is 3. The number of nitrogens with zero attached hydrogens (tertiary/aromatic N) is 2. The van der Waals surface area contributed by atoms with E-state index in [2.05, 4.69) is 10.4 Å². The van der Waals surface area contributed by atoms with Crippen LogP contribution >= 0.6 is 11.8 Å². The molecule has 1 amide bonds. The van der Waals surface area contributed by atoms with E-state index in [4.69, 9.17) is 0 Å². The maximum absolute atomic E-state index is 12.9. The Morgan fingerprint density at radius 2 is 1.96 bits per heavy atom. The minimum absolute atomic E-state index is 0.0316. The van der Waals surface area contributed by atoms with Crippen LogP contribution in [0.1, 0.15) is 48.0 Å². The molecule has 0 bridgehead atoms. The van der Waals surface area contributed by atoms with Gasteiger partial charge >= 0.3 is 6.18 Å². The van der Waals surface area contributed by atoms with Crippen LogP contribution in [0.3, 0.4) is 0 Å². The number of carbonyl (C=O) groups is 1. The van der Waals surface area contributed by atoms with E-state index in [-0.39, 0.29) is 11.1 Å². The molecule has 0 fully saturated rings. The molecule has 4 nitrogen and oxygen atoms in total. The van der Waals surface area contributed by atoms with Crippen LogP contribution in [0, 0.1) is 0 Å². The molecular formula is C17H18F3N3OS. The highest BCUT2D eigenvalue weighted by atomic mass is 32.2. The van der Waals surface area contributed by atoms with Gasteiger partial charge in [0, 0.05) is 22.6 Å². The maximum Gasteiger partial charge on any atom is 0.416 e. The molecule has 1 aromatic heterocycles. The average molecular weight is 369 g/mol. The molecule has 0 saturated heterocycles. The van der Waals surface area contributed by atoms with E-state index in [1.54, 1.807) is 16.4 Å². The molecule has 0 radical (unpaired) electrons. The SMILES string of the molecule is CC(C)(C)n1nc2c(c1NC(=O)c1cccc(C(F)(F)F)c1)CSC2. The largest absolute Gasteiger partial charge is 0.416 e. The molecular weight excluding hydrogens is 351 g/mol. The van der Waals surface area contributed by atoms with Crippen LogP contribution in [0.15, 0.2) is 24.3 Å². The zero-order chi connectivity index (χ0) is 18.4. The third-order valence-corrected chi connectivity index (χ3v) is 4.84. The molecule has 2 aromatic rings. The number of rotatable bonds is 2. The molecule has 0 aliphatic carbocycles. The molecule has 25 heavy (non-hydrogen) atoms. The van der Waals surface area contributed by atoms with Gasteiger partial charge in [-0.3, -0.25) is 4.79 Å². The smallest absolute Gasteiger partial charge is 0.306 e. The Morgan fingerprint density at radius 1 is 1.24 bits per heavy atom. The number of amides is 1. The summed E-state index contributed by atoms with van der Waals surface area (Å²) >= 11 is 1.70. The fraction of sp³-hybridized carbons (Fsp3) is 0.412. The molecule has 8 heteroatoms. The van der Waals surface area contributed by atoms with Crippen molar-refractivity contribution in [3.63, 3.8) is 0 Å².